The predicted molar refractivity (Wildman–Crippen MR) is 133 cm³/mol. The van der Waals surface area contributed by atoms with Crippen molar-refractivity contribution in [1.29, 1.82) is 0 Å². The van der Waals surface area contributed by atoms with Crippen molar-refractivity contribution in [3.63, 3.8) is 0 Å². The number of ether oxygens (including phenoxy) is 1. The standard InChI is InChI=1S/C25H26F3N5O4S/c26-25(27,28)19-5-9-23(29-17-19)37-20-6-8-21-18(16-20)4-7-22(30-21)24(34)31-12-14-33(15-13-31)38(35,36)32-10-2-1-3-11-32/h4-9,16-17H,1-3,10-15H2. The van der Waals surface area contributed by atoms with Gasteiger partial charge in [-0.25, -0.2) is 9.97 Å². The molecule has 2 aliphatic rings. The minimum atomic E-state index is -4.48. The van der Waals surface area contributed by atoms with Gasteiger partial charge in [0, 0.05) is 56.9 Å². The quantitative estimate of drug-likeness (QED) is 0.479. The molecule has 0 spiro atoms. The van der Waals surface area contributed by atoms with Crippen LogP contribution in [0.1, 0.15) is 35.3 Å². The second-order valence-electron chi connectivity index (χ2n) is 9.19. The zero-order chi connectivity index (χ0) is 26.9. The van der Waals surface area contributed by atoms with Gasteiger partial charge in [0.05, 0.1) is 11.1 Å². The van der Waals surface area contributed by atoms with E-state index in [1.54, 1.807) is 35.2 Å². The Morgan fingerprint density at radius 3 is 2.24 bits per heavy atom. The number of carbonyl (C=O) groups excluding carboxylic acids is 1. The Labute approximate surface area is 218 Å². The average Bonchev–Trinajstić information content (AvgIpc) is 2.93. The van der Waals surface area contributed by atoms with Gasteiger partial charge < -0.3 is 9.64 Å². The van der Waals surface area contributed by atoms with Gasteiger partial charge in [-0.2, -0.15) is 30.2 Å². The van der Waals surface area contributed by atoms with Gasteiger partial charge in [-0.05, 0) is 43.2 Å². The number of nitrogens with zero attached hydrogens (tertiary/aromatic N) is 5. The maximum atomic E-state index is 13.1. The molecule has 0 radical (unpaired) electrons. The van der Waals surface area contributed by atoms with Gasteiger partial charge in [-0.3, -0.25) is 4.79 Å². The highest BCUT2D eigenvalue weighted by Gasteiger charge is 2.34. The van der Waals surface area contributed by atoms with Gasteiger partial charge >= 0.3 is 6.18 Å². The predicted octanol–water partition coefficient (Wildman–Crippen LogP) is 3.93. The molecule has 4 heterocycles. The number of benzene rings is 1. The molecule has 0 aliphatic carbocycles. The van der Waals surface area contributed by atoms with Crippen LogP contribution in [-0.4, -0.2) is 77.1 Å². The number of hydrogen-bond donors (Lipinski definition) is 0. The van der Waals surface area contributed by atoms with Gasteiger partial charge in [0.2, 0.25) is 5.88 Å². The van der Waals surface area contributed by atoms with Gasteiger partial charge in [0.15, 0.2) is 0 Å². The van der Waals surface area contributed by atoms with Crippen molar-refractivity contribution in [1.82, 2.24) is 23.5 Å². The molecule has 1 amide bonds. The van der Waals surface area contributed by atoms with E-state index < -0.39 is 21.9 Å². The largest absolute Gasteiger partial charge is 0.439 e. The topological polar surface area (TPSA) is 95.9 Å². The zero-order valence-electron chi connectivity index (χ0n) is 20.4. The van der Waals surface area contributed by atoms with Crippen molar-refractivity contribution in [3.05, 3.63) is 59.9 Å². The van der Waals surface area contributed by atoms with Gasteiger partial charge in [-0.1, -0.05) is 12.5 Å². The van der Waals surface area contributed by atoms with E-state index in [2.05, 4.69) is 9.97 Å². The number of piperazine rings is 1. The Morgan fingerprint density at radius 1 is 0.868 bits per heavy atom. The van der Waals surface area contributed by atoms with Crippen LogP contribution >= 0.6 is 0 Å². The molecule has 0 saturated carbocycles. The van der Waals surface area contributed by atoms with Gasteiger partial charge in [-0.15, -0.1) is 0 Å². The Kier molecular flexibility index (Phi) is 7.25. The molecule has 13 heteroatoms. The number of halogens is 3. The molecule has 202 valence electrons. The molecule has 0 unspecified atom stereocenters. The molecular formula is C25H26F3N5O4S. The summed E-state index contributed by atoms with van der Waals surface area (Å²) >= 11 is 0. The summed E-state index contributed by atoms with van der Waals surface area (Å²) in [5.41, 5.74) is -0.0902. The van der Waals surface area contributed by atoms with Crippen molar-refractivity contribution in [3.8, 4) is 11.6 Å². The SMILES string of the molecule is O=C(c1ccc2cc(Oc3ccc(C(F)(F)F)cn3)ccc2n1)N1CCN(S(=O)(=O)N2CCCCC2)CC1. The number of pyridine rings is 2. The summed E-state index contributed by atoms with van der Waals surface area (Å²) in [6.45, 7) is 2.09. The highest BCUT2D eigenvalue weighted by molar-refractivity contribution is 7.86. The highest BCUT2D eigenvalue weighted by Crippen LogP contribution is 2.30. The van der Waals surface area contributed by atoms with Gasteiger partial charge in [0.25, 0.3) is 16.1 Å². The minimum absolute atomic E-state index is 0.0125. The number of amides is 1. The van der Waals surface area contributed by atoms with E-state index in [0.29, 0.717) is 35.9 Å². The molecule has 5 rings (SSSR count). The molecule has 0 bridgehead atoms. The molecule has 2 fully saturated rings. The first-order valence-electron chi connectivity index (χ1n) is 12.3. The van der Waals surface area contributed by atoms with Gasteiger partial charge in [0.1, 0.15) is 11.4 Å². The normalized spacial score (nSPS) is 18.0. The molecule has 0 atom stereocenters. The Balaban J connectivity index is 1.22. The second kappa shape index (κ2) is 10.5. The van der Waals surface area contributed by atoms with Crippen molar-refractivity contribution >= 4 is 27.0 Å². The number of piperidine rings is 1. The third-order valence-electron chi connectivity index (χ3n) is 6.66. The fourth-order valence-corrected chi connectivity index (χ4v) is 6.23. The van der Waals surface area contributed by atoms with Crippen LogP contribution in [0.25, 0.3) is 10.9 Å². The maximum absolute atomic E-state index is 13.1. The molecule has 9 nitrogen and oxygen atoms in total. The molecule has 38 heavy (non-hydrogen) atoms. The summed E-state index contributed by atoms with van der Waals surface area (Å²) < 4.78 is 72.5. The lowest BCUT2D eigenvalue weighted by molar-refractivity contribution is -0.137. The summed E-state index contributed by atoms with van der Waals surface area (Å²) in [6, 6.07) is 10.2. The molecule has 3 aromatic rings. The maximum Gasteiger partial charge on any atom is 0.417 e. The number of rotatable bonds is 5. The molecule has 1 aromatic carbocycles. The first-order chi connectivity index (χ1) is 18.1. The number of fused-ring (bicyclic) bond motifs is 1. The number of hydrogen-bond acceptors (Lipinski definition) is 6. The van der Waals surface area contributed by atoms with Crippen molar-refractivity contribution in [2.45, 2.75) is 25.4 Å². The highest BCUT2D eigenvalue weighted by atomic mass is 32.2. The Bertz CT molecular complexity index is 1420. The zero-order valence-corrected chi connectivity index (χ0v) is 21.2. The van der Waals surface area contributed by atoms with Crippen molar-refractivity contribution < 1.29 is 31.1 Å². The summed E-state index contributed by atoms with van der Waals surface area (Å²) in [6.07, 6.45) is -1.00. The van der Waals surface area contributed by atoms with E-state index in [-0.39, 0.29) is 43.7 Å². The lowest BCUT2D eigenvalue weighted by Crippen LogP contribution is -2.54. The first-order valence-corrected chi connectivity index (χ1v) is 13.7. The third kappa shape index (κ3) is 5.59. The number of carbonyl (C=O) groups is 1. The van der Waals surface area contributed by atoms with Crippen molar-refractivity contribution in [2.24, 2.45) is 0 Å². The van der Waals surface area contributed by atoms with Crippen LogP contribution in [0.4, 0.5) is 13.2 Å². The van der Waals surface area contributed by atoms with Crippen LogP contribution in [0.3, 0.4) is 0 Å². The fourth-order valence-electron chi connectivity index (χ4n) is 4.56. The van der Waals surface area contributed by atoms with Crippen LogP contribution in [0.15, 0.2) is 48.7 Å². The summed E-state index contributed by atoms with van der Waals surface area (Å²) in [7, 11) is -3.52. The Hall–Kier alpha value is -3.29. The Morgan fingerprint density at radius 2 is 1.58 bits per heavy atom. The lowest BCUT2D eigenvalue weighted by Gasteiger charge is -2.37. The number of aromatic nitrogens is 2. The lowest BCUT2D eigenvalue weighted by atomic mass is 10.2. The summed E-state index contributed by atoms with van der Waals surface area (Å²) in [4.78, 5) is 22.8. The van der Waals surface area contributed by atoms with E-state index in [9.17, 15) is 26.4 Å². The van der Waals surface area contributed by atoms with Crippen LogP contribution < -0.4 is 4.74 Å². The summed E-state index contributed by atoms with van der Waals surface area (Å²) in [5, 5.41) is 0.670. The average molecular weight is 550 g/mol. The molecule has 2 aliphatic heterocycles. The molecule has 2 aromatic heterocycles. The van der Waals surface area contributed by atoms with Crippen LogP contribution in [0, 0.1) is 0 Å². The van der Waals surface area contributed by atoms with Crippen molar-refractivity contribution in [2.75, 3.05) is 39.3 Å². The fraction of sp³-hybridized carbons (Fsp3) is 0.400. The van der Waals surface area contributed by atoms with E-state index in [1.165, 1.54) is 8.61 Å². The monoisotopic (exact) mass is 549 g/mol. The molecule has 2 saturated heterocycles. The first kappa shape index (κ1) is 26.3. The second-order valence-corrected chi connectivity index (χ2v) is 11.1. The van der Waals surface area contributed by atoms with E-state index >= 15 is 0 Å². The van der Waals surface area contributed by atoms with E-state index in [0.717, 1.165) is 31.4 Å². The van der Waals surface area contributed by atoms with E-state index in [4.69, 9.17) is 4.74 Å². The van der Waals surface area contributed by atoms with Crippen LogP contribution in [0.2, 0.25) is 0 Å². The third-order valence-corrected chi connectivity index (χ3v) is 8.69. The number of alkyl halides is 3. The minimum Gasteiger partial charge on any atom is -0.439 e. The molecular weight excluding hydrogens is 523 g/mol. The van der Waals surface area contributed by atoms with Crippen LogP contribution in [-0.2, 0) is 16.4 Å². The van der Waals surface area contributed by atoms with Crippen LogP contribution in [0.5, 0.6) is 11.6 Å². The van der Waals surface area contributed by atoms with E-state index in [1.807, 2.05) is 0 Å². The molecule has 0 N–H and O–H groups in total. The summed E-state index contributed by atoms with van der Waals surface area (Å²) in [5.74, 6) is 0.0893. The smallest absolute Gasteiger partial charge is 0.417 e.